The average molecular weight is 268 g/mol. The number of carbonyl (C=O) groups excluding carboxylic acids is 2. The zero-order valence-electron chi connectivity index (χ0n) is 11.6. The quantitative estimate of drug-likeness (QED) is 0.293. The molecule has 5 rings (SSSR count). The van der Waals surface area contributed by atoms with E-state index in [1.165, 1.54) is 22.3 Å². The summed E-state index contributed by atoms with van der Waals surface area (Å²) in [4.78, 5) is 24.2. The molecule has 0 aromatic rings. The summed E-state index contributed by atoms with van der Waals surface area (Å²) in [6.07, 6.45) is 5.75. The summed E-state index contributed by atoms with van der Waals surface area (Å²) in [6, 6.07) is 0. The minimum Gasteiger partial charge on any atom is -0.393 e. The Hall–Kier alpha value is -1.64. The third-order valence-electron chi connectivity index (χ3n) is 5.98. The lowest BCUT2D eigenvalue weighted by Gasteiger charge is -2.25. The summed E-state index contributed by atoms with van der Waals surface area (Å²) in [5.74, 6) is 0.280. The van der Waals surface area contributed by atoms with E-state index in [0.717, 1.165) is 6.42 Å². The fourth-order valence-electron chi connectivity index (χ4n) is 5.55. The van der Waals surface area contributed by atoms with E-state index in [4.69, 9.17) is 4.74 Å². The molecule has 0 N–H and O–H groups in total. The molecule has 0 unspecified atom stereocenters. The first-order chi connectivity index (χ1) is 9.59. The van der Waals surface area contributed by atoms with Crippen molar-refractivity contribution in [1.82, 2.24) is 0 Å². The van der Waals surface area contributed by atoms with Crippen LogP contribution >= 0.6 is 0 Å². The zero-order valence-corrected chi connectivity index (χ0v) is 11.6. The van der Waals surface area contributed by atoms with E-state index in [-0.39, 0.29) is 35.6 Å². The minimum atomic E-state index is -0.287. The molecule has 4 bridgehead atoms. The molecule has 3 heteroatoms. The maximum absolute atomic E-state index is 12.1. The Balaban J connectivity index is 1.76. The van der Waals surface area contributed by atoms with Crippen molar-refractivity contribution in [2.75, 3.05) is 0 Å². The number of esters is 2. The molecule has 0 radical (unpaired) electrons. The Labute approximate surface area is 117 Å². The molecule has 5 aliphatic rings. The number of hydrogen-bond donors (Lipinski definition) is 0. The van der Waals surface area contributed by atoms with Crippen LogP contribution in [-0.2, 0) is 14.3 Å². The predicted octanol–water partition coefficient (Wildman–Crippen LogP) is 2.40. The van der Waals surface area contributed by atoms with Crippen LogP contribution in [0.2, 0.25) is 0 Å². The van der Waals surface area contributed by atoms with Crippen LogP contribution in [0.4, 0.5) is 0 Å². The van der Waals surface area contributed by atoms with Gasteiger partial charge in [0.15, 0.2) is 0 Å². The van der Waals surface area contributed by atoms with E-state index in [2.05, 4.69) is 26.0 Å². The Kier molecular flexibility index (Phi) is 1.75. The second kappa shape index (κ2) is 3.16. The van der Waals surface area contributed by atoms with Crippen molar-refractivity contribution in [1.29, 1.82) is 0 Å². The minimum absolute atomic E-state index is 0.156. The van der Waals surface area contributed by atoms with E-state index in [0.29, 0.717) is 11.8 Å². The number of ether oxygens (including phenoxy) is 1. The topological polar surface area (TPSA) is 43.4 Å². The average Bonchev–Trinajstić information content (AvgIpc) is 3.13. The number of fused-ring (bicyclic) bond motifs is 11. The van der Waals surface area contributed by atoms with Gasteiger partial charge in [-0.25, -0.2) is 0 Å². The van der Waals surface area contributed by atoms with Crippen molar-refractivity contribution in [3.8, 4) is 0 Å². The third kappa shape index (κ3) is 0.961. The number of rotatable bonds is 0. The van der Waals surface area contributed by atoms with Gasteiger partial charge >= 0.3 is 11.9 Å². The van der Waals surface area contributed by atoms with Gasteiger partial charge in [-0.1, -0.05) is 34.4 Å². The monoisotopic (exact) mass is 268 g/mol. The van der Waals surface area contributed by atoms with Crippen LogP contribution in [0.3, 0.4) is 0 Å². The normalized spacial score (nSPS) is 46.4. The van der Waals surface area contributed by atoms with Gasteiger partial charge in [-0.15, -0.1) is 0 Å². The molecule has 0 spiro atoms. The van der Waals surface area contributed by atoms with Crippen LogP contribution < -0.4 is 0 Å². The number of cyclic esters (lactones) is 2. The van der Waals surface area contributed by atoms with Crippen molar-refractivity contribution in [3.05, 3.63) is 34.4 Å². The van der Waals surface area contributed by atoms with Crippen molar-refractivity contribution in [2.24, 2.45) is 35.5 Å². The third-order valence-corrected chi connectivity index (χ3v) is 5.98. The van der Waals surface area contributed by atoms with Crippen molar-refractivity contribution < 1.29 is 14.3 Å². The largest absolute Gasteiger partial charge is 0.393 e. The molecule has 0 aromatic heterocycles. The lowest BCUT2D eigenvalue weighted by atomic mass is 9.74. The Morgan fingerprint density at radius 2 is 1.50 bits per heavy atom. The molecule has 2 fully saturated rings. The van der Waals surface area contributed by atoms with Gasteiger partial charge in [-0.3, -0.25) is 9.59 Å². The number of allylic oxidation sites excluding steroid dienone is 6. The van der Waals surface area contributed by atoms with E-state index in [1.807, 2.05) is 0 Å². The van der Waals surface area contributed by atoms with Gasteiger partial charge in [0.1, 0.15) is 0 Å². The maximum Gasteiger partial charge on any atom is 0.318 e. The summed E-state index contributed by atoms with van der Waals surface area (Å²) in [6.45, 7) is 4.23. The molecular weight excluding hydrogens is 252 g/mol. The molecule has 1 saturated heterocycles. The second-order valence-electron chi connectivity index (χ2n) is 6.95. The molecule has 1 heterocycles. The highest BCUT2D eigenvalue weighted by Gasteiger charge is 2.68. The molecule has 4 aliphatic carbocycles. The molecule has 102 valence electrons. The van der Waals surface area contributed by atoms with Gasteiger partial charge in [0.2, 0.25) is 0 Å². The summed E-state index contributed by atoms with van der Waals surface area (Å²) < 4.78 is 4.95. The smallest absolute Gasteiger partial charge is 0.318 e. The Morgan fingerprint density at radius 3 is 1.95 bits per heavy atom. The molecule has 1 saturated carbocycles. The van der Waals surface area contributed by atoms with Crippen LogP contribution in [0.25, 0.3) is 0 Å². The van der Waals surface area contributed by atoms with E-state index in [1.54, 1.807) is 0 Å². The van der Waals surface area contributed by atoms with E-state index >= 15 is 0 Å². The number of carbonyl (C=O) groups is 2. The summed E-state index contributed by atoms with van der Waals surface area (Å²) >= 11 is 0. The highest BCUT2D eigenvalue weighted by molar-refractivity contribution is 6.00. The SMILES string of the molecule is CC(C)=C1[C@@H]2C3=C([C@H]1[C@@H]1C(=O)OC(=O)[C@H]21)[C@@H]1C=C[C@H]3C1. The predicted molar refractivity (Wildman–Crippen MR) is 71.2 cm³/mol. The van der Waals surface area contributed by atoms with Crippen molar-refractivity contribution in [2.45, 2.75) is 20.3 Å². The van der Waals surface area contributed by atoms with Crippen LogP contribution in [0.1, 0.15) is 20.3 Å². The first kappa shape index (κ1) is 11.1. The van der Waals surface area contributed by atoms with E-state index < -0.39 is 0 Å². The first-order valence-corrected chi connectivity index (χ1v) is 7.44. The van der Waals surface area contributed by atoms with Crippen LogP contribution in [0.5, 0.6) is 0 Å². The maximum atomic E-state index is 12.1. The van der Waals surface area contributed by atoms with Crippen molar-refractivity contribution >= 4 is 11.9 Å². The highest BCUT2D eigenvalue weighted by Crippen LogP contribution is 2.69. The fraction of sp³-hybridized carbons (Fsp3) is 0.529. The van der Waals surface area contributed by atoms with Crippen LogP contribution in [0.15, 0.2) is 34.4 Å². The Morgan fingerprint density at radius 1 is 1.00 bits per heavy atom. The fourth-order valence-corrected chi connectivity index (χ4v) is 5.55. The van der Waals surface area contributed by atoms with Crippen LogP contribution in [-0.4, -0.2) is 11.9 Å². The first-order valence-electron chi connectivity index (χ1n) is 7.44. The molecule has 6 atom stereocenters. The van der Waals surface area contributed by atoms with Gasteiger partial charge in [-0.2, -0.15) is 0 Å². The molecule has 20 heavy (non-hydrogen) atoms. The molecule has 3 nitrogen and oxygen atoms in total. The van der Waals surface area contributed by atoms with Crippen LogP contribution in [0, 0.1) is 35.5 Å². The van der Waals surface area contributed by atoms with Crippen molar-refractivity contribution in [3.63, 3.8) is 0 Å². The molecule has 1 aliphatic heterocycles. The second-order valence-corrected chi connectivity index (χ2v) is 6.95. The lowest BCUT2D eigenvalue weighted by Crippen LogP contribution is -2.28. The van der Waals surface area contributed by atoms with Gasteiger partial charge in [0.25, 0.3) is 0 Å². The zero-order chi connectivity index (χ0) is 13.8. The standard InChI is InChI=1S/C17H16O3/c1-6(2)9-12-10-7-3-4-8(5-7)11(10)13(9)15-14(12)16(18)20-17(15)19/h3-4,7-8,12-15H,5H2,1-2H3/t7-,8+,12+,13-,14+,15-. The van der Waals surface area contributed by atoms with Gasteiger partial charge in [0.05, 0.1) is 11.8 Å². The molecule has 0 amide bonds. The van der Waals surface area contributed by atoms with Gasteiger partial charge in [-0.05, 0) is 32.1 Å². The summed E-state index contributed by atoms with van der Waals surface area (Å²) in [5.41, 5.74) is 5.57. The van der Waals surface area contributed by atoms with E-state index in [9.17, 15) is 9.59 Å². The lowest BCUT2D eigenvalue weighted by molar-refractivity contribution is -0.154. The Bertz CT molecular complexity index is 626. The van der Waals surface area contributed by atoms with Gasteiger partial charge in [0, 0.05) is 11.8 Å². The molecule has 0 aromatic carbocycles. The molecular formula is C17H16O3. The summed E-state index contributed by atoms with van der Waals surface area (Å²) in [7, 11) is 0. The highest BCUT2D eigenvalue weighted by atomic mass is 16.6. The number of hydrogen-bond acceptors (Lipinski definition) is 3. The van der Waals surface area contributed by atoms with Gasteiger partial charge < -0.3 is 4.74 Å². The summed E-state index contributed by atoms with van der Waals surface area (Å²) in [5, 5.41) is 0.